The summed E-state index contributed by atoms with van der Waals surface area (Å²) in [5.41, 5.74) is 0.910. The van der Waals surface area contributed by atoms with Crippen molar-refractivity contribution in [2.75, 3.05) is 7.11 Å². The highest BCUT2D eigenvalue weighted by atomic mass is 16.5. The molecule has 5 heteroatoms. The average molecular weight is 256 g/mol. The van der Waals surface area contributed by atoms with Gasteiger partial charge < -0.3 is 9.84 Å². The Hall–Kier alpha value is -2.69. The minimum absolute atomic E-state index is 0.351. The molecule has 0 aliphatic rings. The third-order valence-electron chi connectivity index (χ3n) is 2.46. The Balaban J connectivity index is 2.22. The van der Waals surface area contributed by atoms with E-state index in [1.54, 1.807) is 24.3 Å². The number of hydrogen-bond donors (Lipinski definition) is 0. The summed E-state index contributed by atoms with van der Waals surface area (Å²) in [6, 6.07) is 11.8. The van der Waals surface area contributed by atoms with Gasteiger partial charge in [-0.05, 0) is 10.7 Å². The first-order valence-corrected chi connectivity index (χ1v) is 5.62. The summed E-state index contributed by atoms with van der Waals surface area (Å²) in [7, 11) is 1.31. The van der Waals surface area contributed by atoms with Crippen molar-refractivity contribution >= 4 is 11.9 Å². The SMILES string of the molecule is COC(=O)c1cc[n+](/N=C(\[O-])c2ccccc2)cc1. The summed E-state index contributed by atoms with van der Waals surface area (Å²) in [6.07, 6.45) is 3.04. The van der Waals surface area contributed by atoms with Crippen molar-refractivity contribution in [3.63, 3.8) is 0 Å². The molecule has 0 amide bonds. The largest absolute Gasteiger partial charge is 0.854 e. The van der Waals surface area contributed by atoms with Crippen LogP contribution in [0.2, 0.25) is 0 Å². The molecule has 0 radical (unpaired) electrons. The predicted octanol–water partition coefficient (Wildman–Crippen LogP) is 0.331. The second-order valence-electron chi connectivity index (χ2n) is 3.73. The van der Waals surface area contributed by atoms with Crippen LogP contribution in [0.3, 0.4) is 0 Å². The first kappa shape index (κ1) is 12.8. The molecular formula is C14H12N2O3. The van der Waals surface area contributed by atoms with Gasteiger partial charge in [0.1, 0.15) is 0 Å². The molecule has 0 unspecified atom stereocenters. The maximum atomic E-state index is 11.8. The Bertz CT molecular complexity index is 592. The maximum Gasteiger partial charge on any atom is 0.338 e. The molecule has 0 atom stereocenters. The van der Waals surface area contributed by atoms with Crippen molar-refractivity contribution in [3.05, 3.63) is 66.0 Å². The van der Waals surface area contributed by atoms with Crippen LogP contribution < -0.4 is 9.78 Å². The molecule has 2 rings (SSSR count). The van der Waals surface area contributed by atoms with Gasteiger partial charge in [0.25, 0.3) is 0 Å². The number of benzene rings is 1. The van der Waals surface area contributed by atoms with Crippen molar-refractivity contribution in [3.8, 4) is 0 Å². The lowest BCUT2D eigenvalue weighted by atomic mass is 10.2. The lowest BCUT2D eigenvalue weighted by Crippen LogP contribution is -2.33. The van der Waals surface area contributed by atoms with Gasteiger partial charge in [-0.1, -0.05) is 35.0 Å². The van der Waals surface area contributed by atoms with Crippen LogP contribution in [0, 0.1) is 0 Å². The van der Waals surface area contributed by atoms with Gasteiger partial charge in [0, 0.05) is 12.1 Å². The molecule has 0 saturated carbocycles. The van der Waals surface area contributed by atoms with Gasteiger partial charge >= 0.3 is 5.97 Å². The Labute approximate surface area is 110 Å². The molecule has 0 spiro atoms. The Kier molecular flexibility index (Phi) is 3.87. The summed E-state index contributed by atoms with van der Waals surface area (Å²) in [5, 5.41) is 15.7. The molecule has 0 aliphatic heterocycles. The number of hydrogen-bond acceptors (Lipinski definition) is 4. The van der Waals surface area contributed by atoms with Crippen LogP contribution in [0.4, 0.5) is 0 Å². The number of esters is 1. The van der Waals surface area contributed by atoms with E-state index in [4.69, 9.17) is 0 Å². The highest BCUT2D eigenvalue weighted by molar-refractivity contribution is 5.90. The van der Waals surface area contributed by atoms with Gasteiger partial charge in [-0.25, -0.2) is 4.79 Å². The fourth-order valence-corrected chi connectivity index (χ4v) is 1.48. The fourth-order valence-electron chi connectivity index (χ4n) is 1.48. The van der Waals surface area contributed by atoms with Gasteiger partial charge in [0.05, 0.1) is 18.6 Å². The predicted molar refractivity (Wildman–Crippen MR) is 66.4 cm³/mol. The van der Waals surface area contributed by atoms with Gasteiger partial charge in [-0.3, -0.25) is 0 Å². The summed E-state index contributed by atoms with van der Waals surface area (Å²) in [4.78, 5) is 11.2. The normalized spacial score (nSPS) is 11.1. The third-order valence-corrected chi connectivity index (χ3v) is 2.46. The van der Waals surface area contributed by atoms with Crippen LogP contribution in [-0.4, -0.2) is 19.0 Å². The molecule has 1 aromatic heterocycles. The van der Waals surface area contributed by atoms with E-state index in [2.05, 4.69) is 9.84 Å². The molecule has 0 N–H and O–H groups in total. The number of methoxy groups -OCH3 is 1. The fraction of sp³-hybridized carbons (Fsp3) is 0.0714. The molecule has 1 aromatic carbocycles. The minimum Gasteiger partial charge on any atom is -0.854 e. The Morgan fingerprint density at radius 1 is 1.11 bits per heavy atom. The Morgan fingerprint density at radius 3 is 2.32 bits per heavy atom. The lowest BCUT2D eigenvalue weighted by molar-refractivity contribution is -0.681. The summed E-state index contributed by atoms with van der Waals surface area (Å²) >= 11 is 0. The first-order valence-electron chi connectivity index (χ1n) is 5.62. The molecule has 96 valence electrons. The van der Waals surface area contributed by atoms with E-state index < -0.39 is 5.97 Å². The highest BCUT2D eigenvalue weighted by Gasteiger charge is 2.07. The topological polar surface area (TPSA) is 65.6 Å². The van der Waals surface area contributed by atoms with E-state index in [0.717, 1.165) is 0 Å². The van der Waals surface area contributed by atoms with E-state index in [1.807, 2.05) is 6.07 Å². The maximum absolute atomic E-state index is 11.8. The molecule has 1 heterocycles. The van der Waals surface area contributed by atoms with Crippen LogP contribution in [0.15, 0.2) is 60.0 Å². The molecular weight excluding hydrogens is 244 g/mol. The number of aromatic nitrogens is 1. The van der Waals surface area contributed by atoms with Crippen molar-refractivity contribution in [2.45, 2.75) is 0 Å². The van der Waals surface area contributed by atoms with Gasteiger partial charge in [0.15, 0.2) is 0 Å². The Morgan fingerprint density at radius 2 is 1.74 bits per heavy atom. The number of pyridine rings is 1. The smallest absolute Gasteiger partial charge is 0.338 e. The van der Waals surface area contributed by atoms with E-state index in [9.17, 15) is 9.90 Å². The van der Waals surface area contributed by atoms with Gasteiger partial charge in [0.2, 0.25) is 12.4 Å². The third kappa shape index (κ3) is 3.16. The van der Waals surface area contributed by atoms with E-state index in [0.29, 0.717) is 11.1 Å². The molecule has 0 aliphatic carbocycles. The second-order valence-corrected chi connectivity index (χ2v) is 3.73. The van der Waals surface area contributed by atoms with Crippen LogP contribution >= 0.6 is 0 Å². The highest BCUT2D eigenvalue weighted by Crippen LogP contribution is 1.98. The molecule has 0 fully saturated rings. The lowest BCUT2D eigenvalue weighted by Gasteiger charge is -2.05. The van der Waals surface area contributed by atoms with Crippen LogP contribution in [-0.2, 0) is 4.74 Å². The number of rotatable bonds is 3. The summed E-state index contributed by atoms with van der Waals surface area (Å²) in [5.74, 6) is -0.780. The molecule has 5 nitrogen and oxygen atoms in total. The molecule has 2 aromatic rings. The van der Waals surface area contributed by atoms with Crippen molar-refractivity contribution in [2.24, 2.45) is 5.10 Å². The molecule has 0 saturated heterocycles. The van der Waals surface area contributed by atoms with Crippen molar-refractivity contribution in [1.82, 2.24) is 0 Å². The molecule has 0 bridgehead atoms. The number of nitrogens with zero attached hydrogens (tertiary/aromatic N) is 2. The second kappa shape index (κ2) is 5.77. The standard InChI is InChI=1S/C14H12N2O3/c1-19-14(18)12-7-9-16(10-8-12)15-13(17)11-5-3-2-4-6-11/h2-10H,1H3. The van der Waals surface area contributed by atoms with E-state index in [-0.39, 0.29) is 5.90 Å². The minimum atomic E-state index is -0.429. The molecule has 19 heavy (non-hydrogen) atoms. The zero-order chi connectivity index (χ0) is 13.7. The van der Waals surface area contributed by atoms with Gasteiger partial charge in [-0.15, -0.1) is 0 Å². The zero-order valence-corrected chi connectivity index (χ0v) is 10.3. The number of ether oxygens (including phenoxy) is 1. The van der Waals surface area contributed by atoms with E-state index in [1.165, 1.54) is 36.3 Å². The van der Waals surface area contributed by atoms with Crippen LogP contribution in [0.25, 0.3) is 0 Å². The average Bonchev–Trinajstić information content (AvgIpc) is 2.48. The monoisotopic (exact) mass is 256 g/mol. The number of carbonyl (C=O) groups excluding carboxylic acids is 1. The first-order chi connectivity index (χ1) is 9.20. The number of carbonyl (C=O) groups is 1. The summed E-state index contributed by atoms with van der Waals surface area (Å²) < 4.78 is 5.93. The summed E-state index contributed by atoms with van der Waals surface area (Å²) in [6.45, 7) is 0. The zero-order valence-electron chi connectivity index (χ0n) is 10.3. The van der Waals surface area contributed by atoms with Crippen LogP contribution in [0.5, 0.6) is 0 Å². The van der Waals surface area contributed by atoms with Crippen molar-refractivity contribution < 1.29 is 19.3 Å². The van der Waals surface area contributed by atoms with E-state index >= 15 is 0 Å². The van der Waals surface area contributed by atoms with Crippen LogP contribution in [0.1, 0.15) is 15.9 Å². The van der Waals surface area contributed by atoms with Crippen molar-refractivity contribution in [1.29, 1.82) is 0 Å². The quantitative estimate of drug-likeness (QED) is 0.344. The van der Waals surface area contributed by atoms with Gasteiger partial charge in [-0.2, -0.15) is 0 Å².